The van der Waals surface area contributed by atoms with Crippen LogP contribution in [0.3, 0.4) is 0 Å². The fraction of sp³-hybridized carbons (Fsp3) is 0.143. The molecular formula is C7H6N4O2S. The van der Waals surface area contributed by atoms with Crippen molar-refractivity contribution in [1.82, 2.24) is 19.9 Å². The summed E-state index contributed by atoms with van der Waals surface area (Å²) in [5.74, 6) is -0.894. The van der Waals surface area contributed by atoms with Crippen molar-refractivity contribution in [2.45, 2.75) is 5.16 Å². The summed E-state index contributed by atoms with van der Waals surface area (Å²) in [6, 6.07) is 0. The van der Waals surface area contributed by atoms with Crippen molar-refractivity contribution in [3.63, 3.8) is 0 Å². The molecule has 0 unspecified atom stereocenters. The molecule has 0 saturated carbocycles. The van der Waals surface area contributed by atoms with Crippen LogP contribution in [0.2, 0.25) is 0 Å². The van der Waals surface area contributed by atoms with Crippen LogP contribution in [0.1, 0.15) is 0 Å². The van der Waals surface area contributed by atoms with Crippen molar-refractivity contribution in [3.8, 4) is 0 Å². The normalized spacial score (nSPS) is 10.6. The second kappa shape index (κ2) is 3.62. The first-order valence-corrected chi connectivity index (χ1v) is 4.74. The number of nitrogens with one attached hydrogen (secondary N) is 1. The van der Waals surface area contributed by atoms with E-state index < -0.39 is 5.97 Å². The number of H-pyrrole nitrogens is 1. The predicted octanol–water partition coefficient (Wildman–Crippen LogP) is 0.530. The number of carboxylic acids is 1. The molecule has 0 aromatic carbocycles. The van der Waals surface area contributed by atoms with Crippen molar-refractivity contribution in [1.29, 1.82) is 0 Å². The number of hydrogen-bond acceptors (Lipinski definition) is 5. The highest BCUT2D eigenvalue weighted by Crippen LogP contribution is 2.16. The minimum atomic E-state index is -0.874. The molecule has 0 radical (unpaired) electrons. The van der Waals surface area contributed by atoms with Gasteiger partial charge in [-0.3, -0.25) is 4.79 Å². The van der Waals surface area contributed by atoms with E-state index >= 15 is 0 Å². The van der Waals surface area contributed by atoms with Gasteiger partial charge in [-0.25, -0.2) is 15.0 Å². The summed E-state index contributed by atoms with van der Waals surface area (Å²) in [6.45, 7) is 0. The lowest BCUT2D eigenvalue weighted by molar-refractivity contribution is -0.133. The molecule has 2 heterocycles. The molecule has 2 aromatic rings. The molecule has 0 amide bonds. The van der Waals surface area contributed by atoms with Crippen molar-refractivity contribution >= 4 is 28.9 Å². The van der Waals surface area contributed by atoms with Crippen LogP contribution in [0.25, 0.3) is 11.2 Å². The number of thioether (sulfide) groups is 1. The Morgan fingerprint density at radius 2 is 2.50 bits per heavy atom. The van der Waals surface area contributed by atoms with Crippen molar-refractivity contribution in [3.05, 3.63) is 12.5 Å². The molecule has 0 bridgehead atoms. The molecule has 2 N–H and O–H groups in total. The Labute approximate surface area is 82.8 Å². The Morgan fingerprint density at radius 1 is 1.64 bits per heavy atom. The molecule has 2 aromatic heterocycles. The molecule has 0 saturated heterocycles. The molecule has 0 aliphatic rings. The third-order valence-electron chi connectivity index (χ3n) is 1.47. The lowest BCUT2D eigenvalue weighted by Crippen LogP contribution is -1.97. The molecular weight excluding hydrogens is 204 g/mol. The van der Waals surface area contributed by atoms with E-state index in [1.807, 2.05) is 0 Å². The van der Waals surface area contributed by atoms with Crippen molar-refractivity contribution in [2.24, 2.45) is 0 Å². The van der Waals surface area contributed by atoms with Crippen LogP contribution in [0.4, 0.5) is 0 Å². The molecule has 0 atom stereocenters. The molecule has 2 rings (SSSR count). The third kappa shape index (κ3) is 1.82. The van der Waals surface area contributed by atoms with E-state index in [-0.39, 0.29) is 5.75 Å². The Balaban J connectivity index is 2.22. The van der Waals surface area contributed by atoms with Gasteiger partial charge in [-0.2, -0.15) is 0 Å². The summed E-state index contributed by atoms with van der Waals surface area (Å²) in [4.78, 5) is 25.0. The number of nitrogens with zero attached hydrogens (tertiary/aromatic N) is 3. The number of imidazole rings is 1. The molecule has 6 nitrogen and oxygen atoms in total. The molecule has 7 heteroatoms. The van der Waals surface area contributed by atoms with Crippen LogP contribution in [-0.2, 0) is 4.79 Å². The summed E-state index contributed by atoms with van der Waals surface area (Å²) < 4.78 is 0. The van der Waals surface area contributed by atoms with E-state index in [4.69, 9.17) is 5.11 Å². The SMILES string of the molecule is O=C(O)CSc1nc2ncncc2[nH]1. The fourth-order valence-electron chi connectivity index (χ4n) is 0.938. The molecule has 0 aliphatic carbocycles. The number of aromatic nitrogens is 4. The van der Waals surface area contributed by atoms with Gasteiger partial charge in [-0.15, -0.1) is 0 Å². The van der Waals surface area contributed by atoms with Gasteiger partial charge in [-0.05, 0) is 0 Å². The number of carbonyl (C=O) groups is 1. The van der Waals surface area contributed by atoms with E-state index in [0.29, 0.717) is 16.3 Å². The average Bonchev–Trinajstić information content (AvgIpc) is 2.57. The van der Waals surface area contributed by atoms with Gasteiger partial charge in [0.15, 0.2) is 10.8 Å². The van der Waals surface area contributed by atoms with Gasteiger partial charge in [0.2, 0.25) is 0 Å². The quantitative estimate of drug-likeness (QED) is 0.718. The largest absolute Gasteiger partial charge is 0.481 e. The van der Waals surface area contributed by atoms with Crippen LogP contribution in [0.15, 0.2) is 17.7 Å². The summed E-state index contributed by atoms with van der Waals surface area (Å²) in [7, 11) is 0. The standard InChI is InChI=1S/C7H6N4O2S/c12-5(13)2-14-7-10-4-1-8-3-9-6(4)11-7/h1,3H,2H2,(H,12,13)(H,8,9,10,11). The maximum absolute atomic E-state index is 10.3. The molecule has 0 fully saturated rings. The fourth-order valence-corrected chi connectivity index (χ4v) is 1.53. The molecule has 72 valence electrons. The number of aromatic amines is 1. The van der Waals surface area contributed by atoms with E-state index in [1.54, 1.807) is 6.20 Å². The van der Waals surface area contributed by atoms with E-state index in [1.165, 1.54) is 6.33 Å². The third-order valence-corrected chi connectivity index (χ3v) is 2.33. The minimum Gasteiger partial charge on any atom is -0.481 e. The lowest BCUT2D eigenvalue weighted by atomic mass is 10.6. The van der Waals surface area contributed by atoms with Crippen LogP contribution in [-0.4, -0.2) is 36.8 Å². The van der Waals surface area contributed by atoms with Gasteiger partial charge in [0.05, 0.1) is 11.9 Å². The zero-order chi connectivity index (χ0) is 9.97. The van der Waals surface area contributed by atoms with Gasteiger partial charge >= 0.3 is 5.97 Å². The number of hydrogen-bond donors (Lipinski definition) is 2. The highest BCUT2D eigenvalue weighted by molar-refractivity contribution is 7.99. The predicted molar refractivity (Wildman–Crippen MR) is 50.0 cm³/mol. The second-order valence-electron chi connectivity index (χ2n) is 2.48. The first-order chi connectivity index (χ1) is 6.75. The van der Waals surface area contributed by atoms with Crippen LogP contribution >= 0.6 is 11.8 Å². The topological polar surface area (TPSA) is 91.8 Å². The van der Waals surface area contributed by atoms with E-state index in [0.717, 1.165) is 11.8 Å². The lowest BCUT2D eigenvalue weighted by Gasteiger charge is -1.89. The first kappa shape index (κ1) is 8.95. The summed E-state index contributed by atoms with van der Waals surface area (Å²) in [6.07, 6.45) is 3.00. The van der Waals surface area contributed by atoms with Gasteiger partial charge in [0.25, 0.3) is 0 Å². The number of rotatable bonds is 3. The number of carboxylic acid groups (broad SMARTS) is 1. The smallest absolute Gasteiger partial charge is 0.313 e. The number of fused-ring (bicyclic) bond motifs is 1. The molecule has 14 heavy (non-hydrogen) atoms. The molecule has 0 aliphatic heterocycles. The Kier molecular flexibility index (Phi) is 2.32. The van der Waals surface area contributed by atoms with Crippen molar-refractivity contribution < 1.29 is 9.90 Å². The van der Waals surface area contributed by atoms with Gasteiger partial charge in [0.1, 0.15) is 11.8 Å². The average molecular weight is 210 g/mol. The maximum atomic E-state index is 10.3. The second-order valence-corrected chi connectivity index (χ2v) is 3.45. The van der Waals surface area contributed by atoms with Gasteiger partial charge in [0, 0.05) is 0 Å². The van der Waals surface area contributed by atoms with E-state index in [9.17, 15) is 4.79 Å². The highest BCUT2D eigenvalue weighted by Gasteiger charge is 2.05. The monoisotopic (exact) mass is 210 g/mol. The first-order valence-electron chi connectivity index (χ1n) is 3.76. The Bertz CT molecular complexity index is 436. The zero-order valence-corrected chi connectivity index (χ0v) is 7.78. The summed E-state index contributed by atoms with van der Waals surface area (Å²) in [5.41, 5.74) is 1.26. The highest BCUT2D eigenvalue weighted by atomic mass is 32.2. The Hall–Kier alpha value is -1.63. The van der Waals surface area contributed by atoms with Gasteiger partial charge in [-0.1, -0.05) is 11.8 Å². The van der Waals surface area contributed by atoms with Crippen LogP contribution in [0.5, 0.6) is 0 Å². The Morgan fingerprint density at radius 3 is 3.21 bits per heavy atom. The van der Waals surface area contributed by atoms with Crippen molar-refractivity contribution in [2.75, 3.05) is 5.75 Å². The number of aliphatic carboxylic acids is 1. The summed E-state index contributed by atoms with van der Waals surface area (Å²) >= 11 is 1.12. The summed E-state index contributed by atoms with van der Waals surface area (Å²) in [5, 5.41) is 9.00. The van der Waals surface area contributed by atoms with Gasteiger partial charge < -0.3 is 10.1 Å². The maximum Gasteiger partial charge on any atom is 0.313 e. The zero-order valence-electron chi connectivity index (χ0n) is 6.97. The minimum absolute atomic E-state index is 0.0206. The van der Waals surface area contributed by atoms with Crippen LogP contribution < -0.4 is 0 Å². The van der Waals surface area contributed by atoms with E-state index in [2.05, 4.69) is 19.9 Å². The molecule has 0 spiro atoms. The van der Waals surface area contributed by atoms with Crippen LogP contribution in [0, 0.1) is 0 Å².